The minimum Gasteiger partial charge on any atom is -0.376 e. The fourth-order valence-corrected chi connectivity index (χ4v) is 2.53. The Bertz CT molecular complexity index is 1030. The number of hydrogen-bond acceptors (Lipinski definition) is 4. The number of hydrogen-bond donors (Lipinski definition) is 2. The van der Waals surface area contributed by atoms with Crippen LogP contribution < -0.4 is 10.6 Å². The number of rotatable bonds is 5. The molecule has 0 aliphatic rings. The molecule has 1 heterocycles. The maximum absolute atomic E-state index is 13.0. The Balaban J connectivity index is 1.77. The van der Waals surface area contributed by atoms with Gasteiger partial charge in [-0.15, -0.1) is 0 Å². The molecule has 0 aliphatic heterocycles. The molecule has 2 aromatic carbocycles. The van der Waals surface area contributed by atoms with Crippen molar-refractivity contribution < 1.29 is 31.1 Å². The fourth-order valence-electron chi connectivity index (χ4n) is 2.53. The highest BCUT2D eigenvalue weighted by Crippen LogP contribution is 2.33. The van der Waals surface area contributed by atoms with Gasteiger partial charge in [0.15, 0.2) is 0 Å². The third kappa shape index (κ3) is 5.07. The zero-order valence-corrected chi connectivity index (χ0v) is 14.9. The van der Waals surface area contributed by atoms with E-state index in [1.54, 1.807) is 0 Å². The summed E-state index contributed by atoms with van der Waals surface area (Å²) in [6.07, 6.45) is -6.79. The Kier molecular flexibility index (Phi) is 5.67. The predicted octanol–water partition coefficient (Wildman–Crippen LogP) is 4.36. The van der Waals surface area contributed by atoms with E-state index in [1.807, 2.05) is 0 Å². The maximum atomic E-state index is 13.0. The molecule has 1 aromatic heterocycles. The Hall–Kier alpha value is -3.57. The molecule has 3 aromatic rings. The van der Waals surface area contributed by atoms with Crippen LogP contribution in [-0.4, -0.2) is 27.2 Å². The molecule has 30 heavy (non-hydrogen) atoms. The molecular weight excluding hydrogens is 416 g/mol. The molecule has 1 amide bonds. The smallest absolute Gasteiger partial charge is 0.376 e. The second-order valence-electron chi connectivity index (χ2n) is 6.05. The minimum atomic E-state index is -4.64. The van der Waals surface area contributed by atoms with Crippen LogP contribution in [0.15, 0.2) is 55.1 Å². The first-order valence-corrected chi connectivity index (χ1v) is 8.31. The van der Waals surface area contributed by atoms with E-state index in [4.69, 9.17) is 0 Å². The van der Waals surface area contributed by atoms with Crippen molar-refractivity contribution >= 4 is 17.3 Å². The van der Waals surface area contributed by atoms with Gasteiger partial charge < -0.3 is 10.6 Å². The predicted molar refractivity (Wildman–Crippen MR) is 94.9 cm³/mol. The first kappa shape index (κ1) is 21.1. The average Bonchev–Trinajstić information content (AvgIpc) is 3.20. The summed E-state index contributed by atoms with van der Waals surface area (Å²) >= 11 is 0. The number of aromatic nitrogens is 3. The summed E-state index contributed by atoms with van der Waals surface area (Å²) in [6.45, 7) is -0.478. The lowest BCUT2D eigenvalue weighted by molar-refractivity contribution is -0.138. The van der Waals surface area contributed by atoms with E-state index in [1.165, 1.54) is 24.8 Å². The van der Waals surface area contributed by atoms with Crippen molar-refractivity contribution in [1.29, 1.82) is 0 Å². The molecule has 2 N–H and O–H groups in total. The molecule has 0 aliphatic carbocycles. The van der Waals surface area contributed by atoms with Gasteiger partial charge in [0.2, 0.25) is 5.91 Å². The van der Waals surface area contributed by atoms with E-state index in [0.29, 0.717) is 0 Å². The van der Waals surface area contributed by atoms with E-state index in [9.17, 15) is 31.1 Å². The maximum Gasteiger partial charge on any atom is 0.416 e. The standard InChI is InChI=1S/C18H13F6N5O/c19-17(20,21)11-2-1-3-13(6-11)26-8-16(30)28-14-7-12(18(22,23)24)4-5-15(14)29-10-25-9-27-29/h1-7,9-10,26H,8H2,(H,28,30). The Morgan fingerprint density at radius 3 is 2.30 bits per heavy atom. The number of nitrogens with one attached hydrogen (secondary N) is 2. The molecule has 0 spiro atoms. The van der Waals surface area contributed by atoms with Gasteiger partial charge in [0, 0.05) is 5.69 Å². The van der Waals surface area contributed by atoms with Crippen molar-refractivity contribution in [3.05, 3.63) is 66.2 Å². The van der Waals surface area contributed by atoms with Crippen molar-refractivity contribution in [3.63, 3.8) is 0 Å². The van der Waals surface area contributed by atoms with Gasteiger partial charge in [0.1, 0.15) is 12.7 Å². The number of alkyl halides is 6. The second kappa shape index (κ2) is 8.05. The van der Waals surface area contributed by atoms with Gasteiger partial charge in [-0.2, -0.15) is 31.4 Å². The van der Waals surface area contributed by atoms with Gasteiger partial charge in [-0.1, -0.05) is 6.07 Å². The van der Waals surface area contributed by atoms with Crippen LogP contribution in [0.25, 0.3) is 5.69 Å². The zero-order chi connectivity index (χ0) is 21.9. The Labute approximate surface area is 165 Å². The van der Waals surface area contributed by atoms with Crippen molar-refractivity contribution in [3.8, 4) is 5.69 Å². The van der Waals surface area contributed by atoms with Crippen LogP contribution in [0.3, 0.4) is 0 Å². The van der Waals surface area contributed by atoms with Crippen LogP contribution in [-0.2, 0) is 17.1 Å². The first-order valence-electron chi connectivity index (χ1n) is 8.31. The van der Waals surface area contributed by atoms with Gasteiger partial charge in [0.25, 0.3) is 0 Å². The molecule has 6 nitrogen and oxygen atoms in total. The van der Waals surface area contributed by atoms with E-state index in [-0.39, 0.29) is 17.1 Å². The van der Waals surface area contributed by atoms with Crippen LogP contribution in [0.2, 0.25) is 0 Å². The molecule has 0 atom stereocenters. The topological polar surface area (TPSA) is 71.8 Å². The molecule has 0 saturated heterocycles. The summed E-state index contributed by atoms with van der Waals surface area (Å²) in [4.78, 5) is 15.9. The summed E-state index contributed by atoms with van der Waals surface area (Å²) in [7, 11) is 0. The molecule has 0 bridgehead atoms. The normalized spacial score (nSPS) is 11.9. The van der Waals surface area contributed by atoms with Crippen LogP contribution >= 0.6 is 0 Å². The molecule has 158 valence electrons. The summed E-state index contributed by atoms with van der Waals surface area (Å²) in [5.41, 5.74) is -1.92. The van der Waals surface area contributed by atoms with E-state index < -0.39 is 35.9 Å². The first-order chi connectivity index (χ1) is 14.0. The molecule has 0 radical (unpaired) electrons. The number of halogens is 6. The Morgan fingerprint density at radius 1 is 0.967 bits per heavy atom. The third-order valence-corrected chi connectivity index (χ3v) is 3.91. The quantitative estimate of drug-likeness (QED) is 0.592. The van der Waals surface area contributed by atoms with E-state index in [2.05, 4.69) is 20.7 Å². The van der Waals surface area contributed by atoms with Gasteiger partial charge in [-0.25, -0.2) is 9.67 Å². The molecule has 0 unspecified atom stereocenters. The van der Waals surface area contributed by atoms with Crippen LogP contribution in [0.5, 0.6) is 0 Å². The van der Waals surface area contributed by atoms with Crippen molar-refractivity contribution in [2.24, 2.45) is 0 Å². The minimum absolute atomic E-state index is 0.0283. The summed E-state index contributed by atoms with van der Waals surface area (Å²) in [5.74, 6) is -0.770. The molecule has 0 saturated carbocycles. The largest absolute Gasteiger partial charge is 0.416 e. The third-order valence-electron chi connectivity index (χ3n) is 3.91. The van der Waals surface area contributed by atoms with Gasteiger partial charge >= 0.3 is 12.4 Å². The van der Waals surface area contributed by atoms with Gasteiger partial charge in [-0.05, 0) is 36.4 Å². The number of amides is 1. The van der Waals surface area contributed by atoms with E-state index >= 15 is 0 Å². The highest BCUT2D eigenvalue weighted by atomic mass is 19.4. The molecule has 3 rings (SSSR count). The SMILES string of the molecule is O=C(CNc1cccc(C(F)(F)F)c1)Nc1cc(C(F)(F)F)ccc1-n1cncn1. The van der Waals surface area contributed by atoms with Crippen molar-refractivity contribution in [2.75, 3.05) is 17.2 Å². The zero-order valence-electron chi connectivity index (χ0n) is 14.9. The number of carbonyl (C=O) groups excluding carboxylic acids is 1. The van der Waals surface area contributed by atoms with Crippen LogP contribution in [0, 0.1) is 0 Å². The Morgan fingerprint density at radius 2 is 1.67 bits per heavy atom. The summed E-state index contributed by atoms with van der Waals surface area (Å²) < 4.78 is 78.5. The molecular formula is C18H13F6N5O. The summed E-state index contributed by atoms with van der Waals surface area (Å²) in [5, 5.41) is 8.64. The van der Waals surface area contributed by atoms with Gasteiger partial charge in [0.05, 0.1) is 29.0 Å². The summed E-state index contributed by atoms with van der Waals surface area (Å²) in [6, 6.07) is 6.86. The number of anilines is 2. The lowest BCUT2D eigenvalue weighted by Crippen LogP contribution is -2.23. The number of carbonyl (C=O) groups is 1. The highest BCUT2D eigenvalue weighted by Gasteiger charge is 2.32. The number of nitrogens with zero attached hydrogens (tertiary/aromatic N) is 3. The van der Waals surface area contributed by atoms with E-state index in [0.717, 1.165) is 35.0 Å². The van der Waals surface area contributed by atoms with Crippen LogP contribution in [0.4, 0.5) is 37.7 Å². The average molecular weight is 429 g/mol. The lowest BCUT2D eigenvalue weighted by Gasteiger charge is -2.15. The highest BCUT2D eigenvalue weighted by molar-refractivity contribution is 5.95. The second-order valence-corrected chi connectivity index (χ2v) is 6.05. The van der Waals surface area contributed by atoms with Crippen molar-refractivity contribution in [1.82, 2.24) is 14.8 Å². The molecule has 0 fully saturated rings. The van der Waals surface area contributed by atoms with Crippen molar-refractivity contribution in [2.45, 2.75) is 12.4 Å². The molecule has 12 heteroatoms. The lowest BCUT2D eigenvalue weighted by atomic mass is 10.1. The van der Waals surface area contributed by atoms with Crippen LogP contribution in [0.1, 0.15) is 11.1 Å². The fraction of sp³-hybridized carbons (Fsp3) is 0.167. The number of benzene rings is 2. The van der Waals surface area contributed by atoms with Gasteiger partial charge in [-0.3, -0.25) is 4.79 Å². The monoisotopic (exact) mass is 429 g/mol.